The van der Waals surface area contributed by atoms with Crippen molar-refractivity contribution in [2.75, 3.05) is 52.5 Å². The second-order valence-electron chi connectivity index (χ2n) is 7.79. The summed E-state index contributed by atoms with van der Waals surface area (Å²) in [5.41, 5.74) is 2.35. The average molecular weight is 411 g/mol. The summed E-state index contributed by atoms with van der Waals surface area (Å²) in [5, 5.41) is 0. The van der Waals surface area contributed by atoms with Crippen molar-refractivity contribution in [3.63, 3.8) is 0 Å². The minimum atomic E-state index is 0.176. The van der Waals surface area contributed by atoms with Gasteiger partial charge in [-0.3, -0.25) is 19.6 Å². The molecule has 0 saturated carbocycles. The van der Waals surface area contributed by atoms with Crippen LogP contribution in [0.25, 0.3) is 0 Å². The Morgan fingerprint density at radius 2 is 1.67 bits per heavy atom. The predicted octanol–water partition coefficient (Wildman–Crippen LogP) is 2.02. The third kappa shape index (κ3) is 5.29. The summed E-state index contributed by atoms with van der Waals surface area (Å²) in [6, 6.07) is 10.1. The van der Waals surface area contributed by atoms with Crippen LogP contribution in [0.4, 0.5) is 0 Å². The molecular weight excluding hydrogens is 380 g/mol. The normalized spacial score (nSPS) is 17.0. The number of fused-ring (bicyclic) bond motifs is 1. The van der Waals surface area contributed by atoms with E-state index in [0.29, 0.717) is 32.8 Å². The maximum atomic E-state index is 12.9. The lowest BCUT2D eigenvalue weighted by atomic mass is 10.1. The first kappa shape index (κ1) is 20.6. The number of likely N-dealkylation sites (N-methyl/N-ethyl adjacent to an activating group) is 1. The van der Waals surface area contributed by atoms with E-state index in [1.807, 2.05) is 42.4 Å². The van der Waals surface area contributed by atoms with Gasteiger partial charge in [0.25, 0.3) is 0 Å². The summed E-state index contributed by atoms with van der Waals surface area (Å²) in [5.74, 6) is 1.73. The molecule has 2 aliphatic heterocycles. The number of aromatic nitrogens is 1. The van der Waals surface area contributed by atoms with Crippen LogP contribution in [0.3, 0.4) is 0 Å². The number of piperazine rings is 1. The highest BCUT2D eigenvalue weighted by Gasteiger charge is 2.22. The predicted molar refractivity (Wildman–Crippen MR) is 114 cm³/mol. The number of rotatable bonds is 7. The number of nitrogens with zero attached hydrogens (tertiary/aromatic N) is 4. The van der Waals surface area contributed by atoms with Gasteiger partial charge in [-0.15, -0.1) is 0 Å². The van der Waals surface area contributed by atoms with Crippen LogP contribution in [0.5, 0.6) is 11.5 Å². The van der Waals surface area contributed by atoms with Crippen LogP contribution in [0.2, 0.25) is 0 Å². The number of carbonyl (C=O) groups is 1. The van der Waals surface area contributed by atoms with Gasteiger partial charge in [0.2, 0.25) is 5.91 Å². The molecule has 0 aliphatic carbocycles. The summed E-state index contributed by atoms with van der Waals surface area (Å²) in [6.45, 7) is 9.66. The minimum Gasteiger partial charge on any atom is -0.486 e. The van der Waals surface area contributed by atoms with E-state index in [1.54, 1.807) is 0 Å². The Bertz CT molecular complexity index is 838. The molecule has 30 heavy (non-hydrogen) atoms. The molecule has 7 nitrogen and oxygen atoms in total. The van der Waals surface area contributed by atoms with Crippen molar-refractivity contribution in [3.8, 4) is 11.5 Å². The molecule has 1 fully saturated rings. The van der Waals surface area contributed by atoms with Crippen LogP contribution >= 0.6 is 0 Å². The Labute approximate surface area is 178 Å². The van der Waals surface area contributed by atoms with Gasteiger partial charge in [0, 0.05) is 58.2 Å². The molecule has 4 rings (SSSR count). The van der Waals surface area contributed by atoms with Crippen LogP contribution < -0.4 is 9.47 Å². The Morgan fingerprint density at radius 3 is 2.40 bits per heavy atom. The molecule has 0 radical (unpaired) electrons. The summed E-state index contributed by atoms with van der Waals surface area (Å²) in [6.07, 6.45) is 3.68. The van der Waals surface area contributed by atoms with Crippen molar-refractivity contribution >= 4 is 5.91 Å². The van der Waals surface area contributed by atoms with Crippen molar-refractivity contribution in [2.45, 2.75) is 20.0 Å². The molecule has 0 spiro atoms. The molecule has 7 heteroatoms. The lowest BCUT2D eigenvalue weighted by Crippen LogP contribution is -2.49. The van der Waals surface area contributed by atoms with Gasteiger partial charge in [-0.05, 0) is 42.3 Å². The molecule has 2 aliphatic rings. The van der Waals surface area contributed by atoms with Gasteiger partial charge in [0.1, 0.15) is 13.2 Å². The molecular formula is C23H30N4O3. The van der Waals surface area contributed by atoms with Gasteiger partial charge < -0.3 is 14.4 Å². The molecule has 3 heterocycles. The Kier molecular flexibility index (Phi) is 6.81. The van der Waals surface area contributed by atoms with E-state index in [9.17, 15) is 4.79 Å². The lowest BCUT2D eigenvalue weighted by Gasteiger charge is -2.35. The van der Waals surface area contributed by atoms with Crippen molar-refractivity contribution in [1.82, 2.24) is 19.7 Å². The van der Waals surface area contributed by atoms with Crippen LogP contribution in [-0.2, 0) is 17.9 Å². The zero-order chi connectivity index (χ0) is 20.8. The minimum absolute atomic E-state index is 0.176. The topological polar surface area (TPSA) is 58.1 Å². The molecule has 1 saturated heterocycles. The van der Waals surface area contributed by atoms with E-state index >= 15 is 0 Å². The van der Waals surface area contributed by atoms with Gasteiger partial charge in [-0.2, -0.15) is 0 Å². The maximum Gasteiger partial charge on any atom is 0.237 e. The lowest BCUT2D eigenvalue weighted by molar-refractivity contribution is -0.133. The first-order valence-electron chi connectivity index (χ1n) is 10.7. The molecule has 1 aromatic heterocycles. The molecule has 160 valence electrons. The Morgan fingerprint density at radius 1 is 0.967 bits per heavy atom. The molecule has 0 atom stereocenters. The van der Waals surface area contributed by atoms with Gasteiger partial charge in [-0.25, -0.2) is 0 Å². The highest BCUT2D eigenvalue weighted by molar-refractivity contribution is 5.78. The number of amides is 1. The third-order valence-electron chi connectivity index (χ3n) is 5.69. The SMILES string of the molecule is CCN(Cc1ccc2c(c1)OCCO2)C(=O)CN1CCN(Cc2ccncc2)CC1. The fourth-order valence-electron chi connectivity index (χ4n) is 3.93. The zero-order valence-electron chi connectivity index (χ0n) is 17.6. The zero-order valence-corrected chi connectivity index (χ0v) is 17.6. The Balaban J connectivity index is 1.26. The molecule has 1 aromatic carbocycles. The van der Waals surface area contributed by atoms with E-state index in [1.165, 1.54) is 5.56 Å². The molecule has 0 bridgehead atoms. The van der Waals surface area contributed by atoms with Crippen molar-refractivity contribution in [2.24, 2.45) is 0 Å². The number of ether oxygens (including phenoxy) is 2. The second-order valence-corrected chi connectivity index (χ2v) is 7.79. The maximum absolute atomic E-state index is 12.9. The fraction of sp³-hybridized carbons (Fsp3) is 0.478. The summed E-state index contributed by atoms with van der Waals surface area (Å²) >= 11 is 0. The first-order chi connectivity index (χ1) is 14.7. The van der Waals surface area contributed by atoms with Crippen LogP contribution in [0.1, 0.15) is 18.1 Å². The summed E-state index contributed by atoms with van der Waals surface area (Å²) < 4.78 is 11.3. The molecule has 2 aromatic rings. The van der Waals surface area contributed by atoms with Crippen molar-refractivity contribution in [1.29, 1.82) is 0 Å². The largest absolute Gasteiger partial charge is 0.486 e. The Hall–Kier alpha value is -2.64. The van der Waals surface area contributed by atoms with Crippen molar-refractivity contribution < 1.29 is 14.3 Å². The summed E-state index contributed by atoms with van der Waals surface area (Å²) in [4.78, 5) is 23.6. The number of benzene rings is 1. The van der Waals surface area contributed by atoms with E-state index in [2.05, 4.69) is 26.9 Å². The van der Waals surface area contributed by atoms with E-state index in [0.717, 1.165) is 49.8 Å². The van der Waals surface area contributed by atoms with E-state index < -0.39 is 0 Å². The van der Waals surface area contributed by atoms with Gasteiger partial charge in [0.05, 0.1) is 6.54 Å². The number of carbonyl (C=O) groups excluding carboxylic acids is 1. The van der Waals surface area contributed by atoms with Gasteiger partial charge in [-0.1, -0.05) is 6.07 Å². The van der Waals surface area contributed by atoms with Gasteiger partial charge in [0.15, 0.2) is 11.5 Å². The van der Waals surface area contributed by atoms with E-state index in [-0.39, 0.29) is 5.91 Å². The standard InChI is InChI=1S/C23H30N4O3/c1-2-27(17-20-3-4-21-22(15-20)30-14-13-29-21)23(28)18-26-11-9-25(10-12-26)16-19-5-7-24-8-6-19/h3-8,15H,2,9-14,16-18H2,1H3. The molecule has 0 unspecified atom stereocenters. The summed E-state index contributed by atoms with van der Waals surface area (Å²) in [7, 11) is 0. The average Bonchev–Trinajstić information content (AvgIpc) is 2.79. The van der Waals surface area contributed by atoms with Crippen LogP contribution in [-0.4, -0.2) is 78.1 Å². The molecule has 1 amide bonds. The van der Waals surface area contributed by atoms with Crippen LogP contribution in [0.15, 0.2) is 42.7 Å². The fourth-order valence-corrected chi connectivity index (χ4v) is 3.93. The monoisotopic (exact) mass is 410 g/mol. The smallest absolute Gasteiger partial charge is 0.237 e. The highest BCUT2D eigenvalue weighted by Crippen LogP contribution is 2.31. The van der Waals surface area contributed by atoms with Crippen LogP contribution in [0, 0.1) is 0 Å². The number of pyridine rings is 1. The highest BCUT2D eigenvalue weighted by atomic mass is 16.6. The van der Waals surface area contributed by atoms with E-state index in [4.69, 9.17) is 9.47 Å². The van der Waals surface area contributed by atoms with Gasteiger partial charge >= 0.3 is 0 Å². The number of hydrogen-bond donors (Lipinski definition) is 0. The third-order valence-corrected chi connectivity index (χ3v) is 5.69. The first-order valence-corrected chi connectivity index (χ1v) is 10.7. The molecule has 0 N–H and O–H groups in total. The van der Waals surface area contributed by atoms with Crippen molar-refractivity contribution in [3.05, 3.63) is 53.9 Å². The quantitative estimate of drug-likeness (QED) is 0.696. The number of hydrogen-bond acceptors (Lipinski definition) is 6. The second kappa shape index (κ2) is 9.91.